The van der Waals surface area contributed by atoms with E-state index in [1.807, 2.05) is 5.38 Å². The molecule has 1 atom stereocenters. The van der Waals surface area contributed by atoms with E-state index in [-0.39, 0.29) is 30.9 Å². The number of amides is 4. The van der Waals surface area contributed by atoms with Crippen LogP contribution in [0.15, 0.2) is 11.6 Å². The second-order valence-corrected chi connectivity index (χ2v) is 6.03. The van der Waals surface area contributed by atoms with Crippen LogP contribution in [0, 0.1) is 0 Å². The number of carbonyl (C=O) groups is 3. The van der Waals surface area contributed by atoms with Gasteiger partial charge in [-0.15, -0.1) is 11.3 Å². The average molecular weight is 308 g/mol. The number of imide groups is 1. The first-order valence-electron chi connectivity index (χ1n) is 6.94. The molecule has 0 radical (unpaired) electrons. The lowest BCUT2D eigenvalue weighted by atomic mass is 10.0. The van der Waals surface area contributed by atoms with Crippen LogP contribution < -0.4 is 5.32 Å². The van der Waals surface area contributed by atoms with Gasteiger partial charge in [0.2, 0.25) is 5.91 Å². The number of carbonyl (C=O) groups excluding carboxylic acids is 3. The van der Waals surface area contributed by atoms with Crippen LogP contribution in [0.5, 0.6) is 0 Å². The Morgan fingerprint density at radius 3 is 2.95 bits per heavy atom. The Morgan fingerprint density at radius 2 is 2.29 bits per heavy atom. The molecule has 0 saturated carbocycles. The van der Waals surface area contributed by atoms with Gasteiger partial charge in [0.1, 0.15) is 11.6 Å². The van der Waals surface area contributed by atoms with Gasteiger partial charge in [-0.05, 0) is 19.3 Å². The van der Waals surface area contributed by atoms with Crippen molar-refractivity contribution in [2.45, 2.75) is 25.3 Å². The third kappa shape index (κ3) is 2.76. The standard InChI is InChI=1S/C13H16N4O3S/c18-10-7-15-13(20)17(10)8-11(19)16-5-2-1-3-9(16)12-14-4-6-21-12/h4,6,9H,1-3,5,7-8H2,(H,15,20)/t9-/m1/s1. The number of urea groups is 1. The van der Waals surface area contributed by atoms with Gasteiger partial charge < -0.3 is 10.2 Å². The quantitative estimate of drug-likeness (QED) is 0.835. The summed E-state index contributed by atoms with van der Waals surface area (Å²) in [6.07, 6.45) is 4.60. The Labute approximate surface area is 125 Å². The molecule has 1 aromatic rings. The third-order valence-electron chi connectivity index (χ3n) is 3.79. The highest BCUT2D eigenvalue weighted by Crippen LogP contribution is 2.32. The van der Waals surface area contributed by atoms with Crippen LogP contribution in [0.2, 0.25) is 0 Å². The van der Waals surface area contributed by atoms with E-state index in [0.717, 1.165) is 29.2 Å². The molecule has 8 heteroatoms. The average Bonchev–Trinajstić information content (AvgIpc) is 3.13. The van der Waals surface area contributed by atoms with Crippen molar-refractivity contribution in [3.63, 3.8) is 0 Å². The van der Waals surface area contributed by atoms with Crippen molar-refractivity contribution in [3.8, 4) is 0 Å². The molecule has 0 spiro atoms. The van der Waals surface area contributed by atoms with Crippen LogP contribution in [0.25, 0.3) is 0 Å². The van der Waals surface area contributed by atoms with E-state index in [1.54, 1.807) is 11.1 Å². The van der Waals surface area contributed by atoms with Crippen LogP contribution >= 0.6 is 11.3 Å². The van der Waals surface area contributed by atoms with Crippen LogP contribution in [-0.4, -0.2) is 52.3 Å². The van der Waals surface area contributed by atoms with Gasteiger partial charge in [0.05, 0.1) is 12.6 Å². The molecule has 2 saturated heterocycles. The lowest BCUT2D eigenvalue weighted by molar-refractivity contribution is -0.139. The second-order valence-electron chi connectivity index (χ2n) is 5.11. The Kier molecular flexibility index (Phi) is 3.87. The van der Waals surface area contributed by atoms with Crippen molar-refractivity contribution in [3.05, 3.63) is 16.6 Å². The van der Waals surface area contributed by atoms with Crippen molar-refractivity contribution in [2.75, 3.05) is 19.6 Å². The van der Waals surface area contributed by atoms with Crippen molar-refractivity contribution < 1.29 is 14.4 Å². The maximum Gasteiger partial charge on any atom is 0.325 e. The van der Waals surface area contributed by atoms with Gasteiger partial charge in [-0.3, -0.25) is 14.5 Å². The minimum absolute atomic E-state index is 0.0258. The summed E-state index contributed by atoms with van der Waals surface area (Å²) in [5.41, 5.74) is 0. The molecule has 112 valence electrons. The minimum atomic E-state index is -0.490. The van der Waals surface area contributed by atoms with E-state index in [4.69, 9.17) is 0 Å². The van der Waals surface area contributed by atoms with E-state index in [9.17, 15) is 14.4 Å². The number of hydrogen-bond acceptors (Lipinski definition) is 5. The van der Waals surface area contributed by atoms with E-state index in [2.05, 4.69) is 10.3 Å². The summed E-state index contributed by atoms with van der Waals surface area (Å²) in [6, 6.07) is -0.525. The van der Waals surface area contributed by atoms with Gasteiger partial charge in [0.25, 0.3) is 5.91 Å². The number of likely N-dealkylation sites (tertiary alicyclic amines) is 1. The number of hydrogen-bond donors (Lipinski definition) is 1. The maximum atomic E-state index is 12.5. The minimum Gasteiger partial charge on any atom is -0.332 e. The molecule has 3 heterocycles. The van der Waals surface area contributed by atoms with Crippen molar-refractivity contribution in [1.82, 2.24) is 20.1 Å². The van der Waals surface area contributed by atoms with Crippen LogP contribution in [0.4, 0.5) is 4.79 Å². The zero-order chi connectivity index (χ0) is 14.8. The summed E-state index contributed by atoms with van der Waals surface area (Å²) in [5.74, 6) is -0.545. The maximum absolute atomic E-state index is 12.5. The molecular weight excluding hydrogens is 292 g/mol. The summed E-state index contributed by atoms with van der Waals surface area (Å²) in [7, 11) is 0. The van der Waals surface area contributed by atoms with Crippen LogP contribution in [-0.2, 0) is 9.59 Å². The predicted molar refractivity (Wildman–Crippen MR) is 75.5 cm³/mol. The Balaban J connectivity index is 1.72. The monoisotopic (exact) mass is 308 g/mol. The van der Waals surface area contributed by atoms with Crippen molar-refractivity contribution in [2.24, 2.45) is 0 Å². The second kappa shape index (κ2) is 5.80. The lowest BCUT2D eigenvalue weighted by Gasteiger charge is -2.35. The number of rotatable bonds is 3. The zero-order valence-electron chi connectivity index (χ0n) is 11.4. The predicted octanol–water partition coefficient (Wildman–Crippen LogP) is 0.748. The highest BCUT2D eigenvalue weighted by molar-refractivity contribution is 7.09. The summed E-state index contributed by atoms with van der Waals surface area (Å²) >= 11 is 1.53. The summed E-state index contributed by atoms with van der Waals surface area (Å²) in [6.45, 7) is 0.432. The highest BCUT2D eigenvalue weighted by Gasteiger charge is 2.35. The summed E-state index contributed by atoms with van der Waals surface area (Å²) in [4.78, 5) is 42.6. The smallest absolute Gasteiger partial charge is 0.325 e. The van der Waals surface area contributed by atoms with Gasteiger partial charge in [-0.2, -0.15) is 0 Å². The summed E-state index contributed by atoms with van der Waals surface area (Å²) in [5, 5.41) is 5.23. The fraction of sp³-hybridized carbons (Fsp3) is 0.538. The molecule has 7 nitrogen and oxygen atoms in total. The van der Waals surface area contributed by atoms with Crippen LogP contribution in [0.3, 0.4) is 0 Å². The Morgan fingerprint density at radius 1 is 1.43 bits per heavy atom. The molecule has 2 aliphatic rings. The fourth-order valence-electron chi connectivity index (χ4n) is 2.73. The Hall–Kier alpha value is -1.96. The van der Waals surface area contributed by atoms with Gasteiger partial charge >= 0.3 is 6.03 Å². The number of aromatic nitrogens is 1. The number of nitrogens with zero attached hydrogens (tertiary/aromatic N) is 3. The van der Waals surface area contributed by atoms with Gasteiger partial charge in [-0.25, -0.2) is 9.78 Å². The first kappa shape index (κ1) is 14.0. The van der Waals surface area contributed by atoms with Gasteiger partial charge in [0.15, 0.2) is 0 Å². The largest absolute Gasteiger partial charge is 0.332 e. The molecule has 1 N–H and O–H groups in total. The normalized spacial score (nSPS) is 22.6. The van der Waals surface area contributed by atoms with Crippen molar-refractivity contribution in [1.29, 1.82) is 0 Å². The van der Waals surface area contributed by atoms with Gasteiger partial charge in [-0.1, -0.05) is 0 Å². The number of nitrogens with one attached hydrogen (secondary N) is 1. The molecule has 4 amide bonds. The molecule has 0 unspecified atom stereocenters. The molecule has 3 rings (SSSR count). The van der Waals surface area contributed by atoms with Gasteiger partial charge in [0, 0.05) is 18.1 Å². The SMILES string of the molecule is O=C1CNC(=O)N1CC(=O)N1CCCC[C@@H]1c1nccs1. The van der Waals surface area contributed by atoms with Crippen LogP contribution in [0.1, 0.15) is 30.3 Å². The Bertz CT molecular complexity index is 544. The molecule has 21 heavy (non-hydrogen) atoms. The molecule has 0 aliphatic carbocycles. The first-order chi connectivity index (χ1) is 10.2. The summed E-state index contributed by atoms with van der Waals surface area (Å²) < 4.78 is 0. The zero-order valence-corrected chi connectivity index (χ0v) is 12.3. The molecular formula is C13H16N4O3S. The molecule has 2 fully saturated rings. The molecule has 0 bridgehead atoms. The molecule has 1 aromatic heterocycles. The fourth-order valence-corrected chi connectivity index (χ4v) is 3.51. The highest BCUT2D eigenvalue weighted by atomic mass is 32.1. The number of piperidine rings is 1. The topological polar surface area (TPSA) is 82.6 Å². The lowest BCUT2D eigenvalue weighted by Crippen LogP contribution is -2.46. The van der Waals surface area contributed by atoms with Crippen molar-refractivity contribution >= 4 is 29.2 Å². The third-order valence-corrected chi connectivity index (χ3v) is 4.67. The van der Waals surface area contributed by atoms with E-state index in [1.165, 1.54) is 11.3 Å². The number of thiazole rings is 1. The van der Waals surface area contributed by atoms with E-state index < -0.39 is 6.03 Å². The molecule has 2 aliphatic heterocycles. The molecule has 0 aromatic carbocycles. The first-order valence-corrected chi connectivity index (χ1v) is 7.82. The van der Waals surface area contributed by atoms with E-state index in [0.29, 0.717) is 6.54 Å². The van der Waals surface area contributed by atoms with E-state index >= 15 is 0 Å².